The summed E-state index contributed by atoms with van der Waals surface area (Å²) in [6.07, 6.45) is 1.10. The summed E-state index contributed by atoms with van der Waals surface area (Å²) in [5.41, 5.74) is 0.271. The van der Waals surface area contributed by atoms with Crippen molar-refractivity contribution in [3.63, 3.8) is 0 Å². The Morgan fingerprint density at radius 3 is 2.00 bits per heavy atom. The van der Waals surface area contributed by atoms with E-state index in [1.165, 1.54) is 18.6 Å². The van der Waals surface area contributed by atoms with Gasteiger partial charge in [0.1, 0.15) is 4.21 Å². The zero-order valence-electron chi connectivity index (χ0n) is 11.1. The molecule has 0 aliphatic heterocycles. The quantitative estimate of drug-likeness (QED) is 0.781. The number of hydrogen-bond acceptors (Lipinski definition) is 5. The third-order valence-electron chi connectivity index (χ3n) is 1.36. The summed E-state index contributed by atoms with van der Waals surface area (Å²) in [6.45, 7) is 8.00. The fraction of sp³-hybridized carbons (Fsp3) is 0.545. The van der Waals surface area contributed by atoms with Crippen LogP contribution < -0.4 is 0 Å². The van der Waals surface area contributed by atoms with Crippen molar-refractivity contribution in [3.05, 3.63) is 17.0 Å². The number of esters is 1. The highest BCUT2D eigenvalue weighted by Crippen LogP contribution is 2.20. The van der Waals surface area contributed by atoms with Crippen molar-refractivity contribution < 1.29 is 17.9 Å². The van der Waals surface area contributed by atoms with E-state index >= 15 is 0 Å². The molecule has 1 rings (SSSR count). The van der Waals surface area contributed by atoms with Gasteiger partial charge >= 0.3 is 5.97 Å². The molecule has 6 heteroatoms. The lowest BCUT2D eigenvalue weighted by molar-refractivity contribution is 0.0601. The Kier molecular flexibility index (Phi) is 9.98. The van der Waals surface area contributed by atoms with Crippen molar-refractivity contribution in [2.75, 3.05) is 13.4 Å². The van der Waals surface area contributed by atoms with Crippen LogP contribution in [0.25, 0.3) is 0 Å². The largest absolute Gasteiger partial charge is 0.465 e. The lowest BCUT2D eigenvalue weighted by Crippen LogP contribution is -1.99. The third-order valence-corrected chi connectivity index (χ3v) is 4.13. The molecule has 0 atom stereocenters. The third kappa shape index (κ3) is 6.43. The predicted octanol–water partition coefficient (Wildman–Crippen LogP) is 2.99. The first-order valence-corrected chi connectivity index (χ1v) is 8.09. The topological polar surface area (TPSA) is 60.4 Å². The van der Waals surface area contributed by atoms with Crippen LogP contribution in [0, 0.1) is 0 Å². The van der Waals surface area contributed by atoms with E-state index in [4.69, 9.17) is 0 Å². The first-order chi connectivity index (χ1) is 7.95. The highest BCUT2D eigenvalue weighted by Gasteiger charge is 2.14. The minimum absolute atomic E-state index is 0.174. The summed E-state index contributed by atoms with van der Waals surface area (Å²) in [5.74, 6) is -0.522. The average Bonchev–Trinajstić information content (AvgIpc) is 2.82. The molecule has 1 aromatic rings. The molecule has 0 bridgehead atoms. The summed E-state index contributed by atoms with van der Waals surface area (Å²) >= 11 is 1.01. The summed E-state index contributed by atoms with van der Waals surface area (Å²) in [5, 5.41) is 1.46. The van der Waals surface area contributed by atoms with Gasteiger partial charge in [-0.15, -0.1) is 11.3 Å². The fourth-order valence-corrected chi connectivity index (χ4v) is 2.52. The lowest BCUT2D eigenvalue weighted by atomic mass is 10.3. The Morgan fingerprint density at radius 1 is 1.24 bits per heavy atom. The monoisotopic (exact) mass is 280 g/mol. The van der Waals surface area contributed by atoms with Crippen molar-refractivity contribution in [1.29, 1.82) is 0 Å². The zero-order chi connectivity index (χ0) is 14.1. The summed E-state index contributed by atoms with van der Waals surface area (Å²) in [4.78, 5) is 10.9. The van der Waals surface area contributed by atoms with E-state index in [0.717, 1.165) is 17.6 Å². The number of carbonyl (C=O) groups excluding carboxylic acids is 1. The van der Waals surface area contributed by atoms with Gasteiger partial charge in [0.05, 0.1) is 12.7 Å². The molecule has 0 saturated carbocycles. The Balaban J connectivity index is 0. The van der Waals surface area contributed by atoms with Crippen molar-refractivity contribution in [1.82, 2.24) is 0 Å². The zero-order valence-corrected chi connectivity index (χ0v) is 12.7. The van der Waals surface area contributed by atoms with Gasteiger partial charge in [0.2, 0.25) is 0 Å². The maximum atomic E-state index is 11.0. The number of thiophene rings is 1. The second kappa shape index (κ2) is 9.18. The van der Waals surface area contributed by atoms with Gasteiger partial charge in [-0.05, 0) is 6.07 Å². The van der Waals surface area contributed by atoms with E-state index in [2.05, 4.69) is 4.74 Å². The number of carbonyl (C=O) groups is 1. The summed E-state index contributed by atoms with van der Waals surface area (Å²) in [7, 11) is -1.96. The Bertz CT molecular complexity index is 418. The van der Waals surface area contributed by atoms with E-state index in [0.29, 0.717) is 0 Å². The lowest BCUT2D eigenvalue weighted by Gasteiger charge is -1.92. The van der Waals surface area contributed by atoms with E-state index in [1.807, 2.05) is 27.7 Å². The van der Waals surface area contributed by atoms with Crippen LogP contribution in [-0.4, -0.2) is 27.8 Å². The molecule has 0 amide bonds. The molecule has 0 aliphatic carbocycles. The number of sulfone groups is 1. The van der Waals surface area contributed by atoms with E-state index in [9.17, 15) is 13.2 Å². The van der Waals surface area contributed by atoms with Gasteiger partial charge in [0, 0.05) is 11.6 Å². The number of methoxy groups -OCH3 is 1. The van der Waals surface area contributed by atoms with Gasteiger partial charge in [0.25, 0.3) is 0 Å². The number of rotatable bonds is 2. The van der Waals surface area contributed by atoms with Crippen molar-refractivity contribution >= 4 is 27.1 Å². The molecule has 0 aliphatic rings. The first kappa shape index (κ1) is 18.5. The molecule has 17 heavy (non-hydrogen) atoms. The molecule has 4 nitrogen and oxygen atoms in total. The van der Waals surface area contributed by atoms with Crippen LogP contribution in [0.2, 0.25) is 0 Å². The van der Waals surface area contributed by atoms with Crippen molar-refractivity contribution in [3.8, 4) is 0 Å². The van der Waals surface area contributed by atoms with Crippen LogP contribution >= 0.6 is 11.3 Å². The molecule has 1 aromatic heterocycles. The SMILES string of the molecule is CC.CC.COC(=O)c1csc(S(C)(=O)=O)c1. The smallest absolute Gasteiger partial charge is 0.338 e. The van der Waals surface area contributed by atoms with Crippen molar-refractivity contribution in [2.45, 2.75) is 31.9 Å². The normalized spacial score (nSPS) is 9.29. The molecule has 0 radical (unpaired) electrons. The van der Waals surface area contributed by atoms with Crippen LogP contribution in [0.3, 0.4) is 0 Å². The molecule has 0 spiro atoms. The van der Waals surface area contributed by atoms with E-state index in [1.54, 1.807) is 0 Å². The Morgan fingerprint density at radius 2 is 1.71 bits per heavy atom. The van der Waals surface area contributed by atoms with Gasteiger partial charge in [-0.2, -0.15) is 0 Å². The van der Waals surface area contributed by atoms with Crippen molar-refractivity contribution in [2.24, 2.45) is 0 Å². The maximum absolute atomic E-state index is 11.0. The molecular weight excluding hydrogens is 260 g/mol. The molecule has 0 unspecified atom stereocenters. The predicted molar refractivity (Wildman–Crippen MR) is 71.5 cm³/mol. The average molecular weight is 280 g/mol. The van der Waals surface area contributed by atoms with Gasteiger partial charge < -0.3 is 4.74 Å². The van der Waals surface area contributed by atoms with Crippen LogP contribution in [0.1, 0.15) is 38.1 Å². The van der Waals surface area contributed by atoms with E-state index in [-0.39, 0.29) is 9.77 Å². The molecular formula is C11H20O4S2. The van der Waals surface area contributed by atoms with Crippen LogP contribution in [0.4, 0.5) is 0 Å². The van der Waals surface area contributed by atoms with Gasteiger partial charge in [-0.3, -0.25) is 0 Å². The fourth-order valence-electron chi connectivity index (χ4n) is 0.736. The number of ether oxygens (including phenoxy) is 1. The minimum Gasteiger partial charge on any atom is -0.465 e. The molecule has 100 valence electrons. The standard InChI is InChI=1S/C7H8O4S2.2C2H6/c1-11-7(8)5-3-6(12-4-5)13(2,9)10;2*1-2/h3-4H,1-2H3;2*1-2H3. The van der Waals surface area contributed by atoms with Crippen LogP contribution in [-0.2, 0) is 14.6 Å². The summed E-state index contributed by atoms with van der Waals surface area (Å²) in [6, 6.07) is 1.31. The highest BCUT2D eigenvalue weighted by molar-refractivity contribution is 7.92. The summed E-state index contributed by atoms with van der Waals surface area (Å²) < 4.78 is 26.6. The Labute approximate surface area is 108 Å². The van der Waals surface area contributed by atoms with Gasteiger partial charge in [-0.1, -0.05) is 27.7 Å². The molecule has 0 fully saturated rings. The van der Waals surface area contributed by atoms with Crippen LogP contribution in [0.5, 0.6) is 0 Å². The maximum Gasteiger partial charge on any atom is 0.338 e. The van der Waals surface area contributed by atoms with Gasteiger partial charge in [0.15, 0.2) is 9.84 Å². The highest BCUT2D eigenvalue weighted by atomic mass is 32.2. The number of hydrogen-bond donors (Lipinski definition) is 0. The molecule has 1 heterocycles. The molecule has 0 saturated heterocycles. The molecule has 0 aromatic carbocycles. The minimum atomic E-state index is -3.21. The van der Waals surface area contributed by atoms with E-state index < -0.39 is 15.8 Å². The van der Waals surface area contributed by atoms with Crippen LogP contribution in [0.15, 0.2) is 15.7 Å². The first-order valence-electron chi connectivity index (χ1n) is 5.32. The second-order valence-electron chi connectivity index (χ2n) is 2.42. The Hall–Kier alpha value is -0.880. The van der Waals surface area contributed by atoms with Gasteiger partial charge in [-0.25, -0.2) is 13.2 Å². The molecule has 0 N–H and O–H groups in total. The second-order valence-corrected chi connectivity index (χ2v) is 5.57.